The van der Waals surface area contributed by atoms with E-state index in [2.05, 4.69) is 9.46 Å². The molecule has 0 saturated heterocycles. The zero-order chi connectivity index (χ0) is 7.11. The molecule has 9 heavy (non-hydrogen) atoms. The van der Waals surface area contributed by atoms with Crippen LogP contribution in [0.2, 0.25) is 0 Å². The molecule has 6 heteroatoms. The van der Waals surface area contributed by atoms with Gasteiger partial charge in [-0.2, -0.15) is 0 Å². The van der Waals surface area contributed by atoms with Gasteiger partial charge in [0.25, 0.3) is 0 Å². The van der Waals surface area contributed by atoms with Crippen molar-refractivity contribution in [3.8, 4) is 0 Å². The summed E-state index contributed by atoms with van der Waals surface area (Å²) in [6, 6.07) is 0. The molecule has 0 aromatic carbocycles. The molecule has 1 amide bonds. The van der Waals surface area contributed by atoms with E-state index in [0.717, 1.165) is 21.8 Å². The maximum atomic E-state index is 10.3. The highest BCUT2D eigenvalue weighted by atomic mass is 33.1. The number of hydrogen-bond donors (Lipinski definition) is 1. The summed E-state index contributed by atoms with van der Waals surface area (Å²) in [5.41, 5.74) is 0. The molecule has 0 heterocycles. The predicted octanol–water partition coefficient (Wildman–Crippen LogP) is 0.795. The Labute approximate surface area is 60.2 Å². The van der Waals surface area contributed by atoms with Gasteiger partial charge in [-0.15, -0.1) is 0 Å². The first kappa shape index (κ1) is 8.64. The lowest BCUT2D eigenvalue weighted by Crippen LogP contribution is -1.97. The molecular formula is C3H5NO3S2. The van der Waals surface area contributed by atoms with Gasteiger partial charge in [0.1, 0.15) is 0 Å². The van der Waals surface area contributed by atoms with E-state index < -0.39 is 5.30 Å². The van der Waals surface area contributed by atoms with Gasteiger partial charge in [0.2, 0.25) is 6.41 Å². The Morgan fingerprint density at radius 3 is 2.89 bits per heavy atom. The van der Waals surface area contributed by atoms with Gasteiger partial charge >= 0.3 is 5.30 Å². The minimum atomic E-state index is -0.436. The molecule has 0 aliphatic rings. The van der Waals surface area contributed by atoms with Gasteiger partial charge in [-0.25, -0.2) is 4.79 Å². The van der Waals surface area contributed by atoms with E-state index in [9.17, 15) is 9.59 Å². The fourth-order valence-corrected chi connectivity index (χ4v) is 1.01. The maximum absolute atomic E-state index is 10.3. The Morgan fingerprint density at radius 2 is 2.44 bits per heavy atom. The molecule has 0 aliphatic carbocycles. The summed E-state index contributed by atoms with van der Waals surface area (Å²) in [4.78, 5) is 19.8. The van der Waals surface area contributed by atoms with Crippen molar-refractivity contribution in [1.82, 2.24) is 4.72 Å². The van der Waals surface area contributed by atoms with Crippen molar-refractivity contribution in [2.45, 2.75) is 0 Å². The average Bonchev–Trinajstić information content (AvgIpc) is 1.89. The Hall–Kier alpha value is -0.360. The quantitative estimate of drug-likeness (QED) is 0.221. The van der Waals surface area contributed by atoms with Crippen molar-refractivity contribution >= 4 is 33.5 Å². The molecule has 0 aromatic rings. The number of carbonyl (C=O) groups is 2. The standard InChI is InChI=1S/C3H5NO3S2/c1-7-3(6)8-9-4-2-5/h2H,1H3,(H,4,5). The summed E-state index contributed by atoms with van der Waals surface area (Å²) in [7, 11) is 3.00. The van der Waals surface area contributed by atoms with Gasteiger partial charge in [-0.3, -0.25) is 9.52 Å². The van der Waals surface area contributed by atoms with Crippen molar-refractivity contribution < 1.29 is 14.3 Å². The second kappa shape index (κ2) is 5.77. The number of carbonyl (C=O) groups excluding carboxylic acids is 2. The van der Waals surface area contributed by atoms with Crippen LogP contribution in [0.1, 0.15) is 0 Å². The zero-order valence-electron chi connectivity index (χ0n) is 4.62. The lowest BCUT2D eigenvalue weighted by atomic mass is 11.5. The molecule has 0 atom stereocenters. The first-order valence-corrected chi connectivity index (χ1v) is 4.07. The molecule has 0 rings (SSSR count). The highest BCUT2D eigenvalue weighted by Gasteiger charge is 1.98. The molecule has 0 bridgehead atoms. The zero-order valence-corrected chi connectivity index (χ0v) is 6.25. The summed E-state index contributed by atoms with van der Waals surface area (Å²) in [5, 5.41) is -0.436. The summed E-state index contributed by atoms with van der Waals surface area (Å²) >= 11 is 0. The van der Waals surface area contributed by atoms with E-state index in [0.29, 0.717) is 6.41 Å². The van der Waals surface area contributed by atoms with Crippen LogP contribution in [0.15, 0.2) is 0 Å². The molecule has 0 unspecified atom stereocenters. The second-order valence-corrected chi connectivity index (χ2v) is 2.76. The second-order valence-electron chi connectivity index (χ2n) is 0.856. The van der Waals surface area contributed by atoms with E-state index in [1.165, 1.54) is 7.11 Å². The highest BCUT2D eigenvalue weighted by Crippen LogP contribution is 2.17. The number of methoxy groups -OCH3 is 1. The van der Waals surface area contributed by atoms with E-state index >= 15 is 0 Å². The molecule has 0 radical (unpaired) electrons. The molecule has 0 aromatic heterocycles. The van der Waals surface area contributed by atoms with E-state index in [1.54, 1.807) is 0 Å². The molecule has 0 fully saturated rings. The van der Waals surface area contributed by atoms with E-state index in [1.807, 2.05) is 0 Å². The summed E-state index contributed by atoms with van der Waals surface area (Å²) < 4.78 is 6.46. The minimum absolute atomic E-state index is 0.436. The molecule has 0 saturated carbocycles. The van der Waals surface area contributed by atoms with Crippen LogP contribution in [-0.2, 0) is 9.53 Å². The van der Waals surface area contributed by atoms with Crippen LogP contribution in [0.4, 0.5) is 4.79 Å². The third-order valence-corrected chi connectivity index (χ3v) is 1.90. The Kier molecular flexibility index (Phi) is 5.54. The molecular weight excluding hydrogens is 162 g/mol. The maximum Gasteiger partial charge on any atom is 0.379 e. The fourth-order valence-electron chi connectivity index (χ4n) is 0.112. The lowest BCUT2D eigenvalue weighted by molar-refractivity contribution is -0.107. The van der Waals surface area contributed by atoms with Gasteiger partial charge in [-0.05, 0) is 0 Å². The fraction of sp³-hybridized carbons (Fsp3) is 0.333. The normalized spacial score (nSPS) is 8.11. The molecule has 0 spiro atoms. The number of hydrogen-bond acceptors (Lipinski definition) is 5. The number of rotatable bonds is 3. The van der Waals surface area contributed by atoms with Crippen molar-refractivity contribution in [1.29, 1.82) is 0 Å². The summed E-state index contributed by atoms with van der Waals surface area (Å²) in [5.74, 6) is 0. The predicted molar refractivity (Wildman–Crippen MR) is 36.8 cm³/mol. The van der Waals surface area contributed by atoms with Gasteiger partial charge < -0.3 is 4.74 Å². The van der Waals surface area contributed by atoms with Gasteiger partial charge in [-0.1, -0.05) is 0 Å². The first-order valence-electron chi connectivity index (χ1n) is 1.92. The molecule has 52 valence electrons. The smallest absolute Gasteiger partial charge is 0.379 e. The average molecular weight is 167 g/mol. The number of amides is 1. The topological polar surface area (TPSA) is 55.4 Å². The van der Waals surface area contributed by atoms with Crippen LogP contribution in [0.3, 0.4) is 0 Å². The van der Waals surface area contributed by atoms with Crippen LogP contribution in [0.25, 0.3) is 0 Å². The largest absolute Gasteiger partial charge is 0.460 e. The van der Waals surface area contributed by atoms with Crippen LogP contribution >= 0.6 is 21.8 Å². The Balaban J connectivity index is 3.06. The third-order valence-electron chi connectivity index (χ3n) is 0.373. The molecule has 0 aliphatic heterocycles. The minimum Gasteiger partial charge on any atom is -0.460 e. The van der Waals surface area contributed by atoms with Crippen LogP contribution in [0.5, 0.6) is 0 Å². The van der Waals surface area contributed by atoms with Crippen LogP contribution < -0.4 is 4.72 Å². The number of nitrogens with one attached hydrogen (secondary N) is 1. The van der Waals surface area contributed by atoms with Gasteiger partial charge in [0.05, 0.1) is 7.11 Å². The van der Waals surface area contributed by atoms with Gasteiger partial charge in [0, 0.05) is 21.8 Å². The van der Waals surface area contributed by atoms with Crippen molar-refractivity contribution in [2.24, 2.45) is 0 Å². The SMILES string of the molecule is COC(=O)SSNC=O. The molecule has 1 N–H and O–H groups in total. The van der Waals surface area contributed by atoms with Crippen LogP contribution in [-0.4, -0.2) is 18.8 Å². The van der Waals surface area contributed by atoms with Crippen molar-refractivity contribution in [3.63, 3.8) is 0 Å². The van der Waals surface area contributed by atoms with Crippen molar-refractivity contribution in [2.75, 3.05) is 7.11 Å². The van der Waals surface area contributed by atoms with Crippen molar-refractivity contribution in [3.05, 3.63) is 0 Å². The first-order chi connectivity index (χ1) is 4.31. The third kappa shape index (κ3) is 5.51. The summed E-state index contributed by atoms with van der Waals surface area (Å²) in [6.45, 7) is 0. The molecule has 4 nitrogen and oxygen atoms in total. The Morgan fingerprint density at radius 1 is 1.78 bits per heavy atom. The van der Waals surface area contributed by atoms with E-state index in [4.69, 9.17) is 0 Å². The number of ether oxygens (including phenoxy) is 1. The lowest BCUT2D eigenvalue weighted by Gasteiger charge is -1.93. The van der Waals surface area contributed by atoms with Gasteiger partial charge in [0.15, 0.2) is 0 Å². The van der Waals surface area contributed by atoms with Crippen LogP contribution in [0, 0.1) is 0 Å². The van der Waals surface area contributed by atoms with E-state index in [-0.39, 0.29) is 0 Å². The summed E-state index contributed by atoms with van der Waals surface area (Å²) in [6.07, 6.45) is 0.487. The Bertz CT molecular complexity index is 107. The highest BCUT2D eigenvalue weighted by molar-refractivity contribution is 8.81. The monoisotopic (exact) mass is 167 g/mol.